The Kier molecular flexibility index (Phi) is 3.73. The first-order chi connectivity index (χ1) is 6.43. The molecule has 0 bridgehead atoms. The topological polar surface area (TPSA) is 20.2 Å². The lowest BCUT2D eigenvalue weighted by Crippen LogP contribution is -2.06. The Hall–Kier alpha value is -0.340. The molecule has 0 saturated carbocycles. The first-order valence-electron chi connectivity index (χ1n) is 4.88. The molecule has 0 fully saturated rings. The van der Waals surface area contributed by atoms with Crippen LogP contribution in [-0.4, -0.2) is 5.11 Å². The quantitative estimate of drug-likeness (QED) is 0.855. The van der Waals surface area contributed by atoms with E-state index < -0.39 is 0 Å². The van der Waals surface area contributed by atoms with Gasteiger partial charge >= 0.3 is 0 Å². The molecular formula is C12H17BrO. The molecule has 0 saturated heterocycles. The normalized spacial score (nSPS) is 13.4. The minimum Gasteiger partial charge on any atom is -0.388 e. The van der Waals surface area contributed by atoms with Gasteiger partial charge in [-0.25, -0.2) is 0 Å². The first kappa shape index (κ1) is 11.7. The second kappa shape index (κ2) is 4.45. The van der Waals surface area contributed by atoms with Gasteiger partial charge in [-0.15, -0.1) is 0 Å². The molecule has 1 aromatic carbocycles. The fourth-order valence-electron chi connectivity index (χ4n) is 1.54. The SMILES string of the molecule is Cc1cc(C(O)C(C)C)cc(C)c1Br. The summed E-state index contributed by atoms with van der Waals surface area (Å²) in [5.74, 6) is 0.259. The van der Waals surface area contributed by atoms with Crippen molar-refractivity contribution in [3.05, 3.63) is 33.3 Å². The van der Waals surface area contributed by atoms with Gasteiger partial charge in [0.25, 0.3) is 0 Å². The van der Waals surface area contributed by atoms with Crippen LogP contribution < -0.4 is 0 Å². The Morgan fingerprint density at radius 3 is 1.93 bits per heavy atom. The average molecular weight is 257 g/mol. The largest absolute Gasteiger partial charge is 0.388 e. The van der Waals surface area contributed by atoms with Gasteiger partial charge in [-0.05, 0) is 36.5 Å². The zero-order valence-corrected chi connectivity index (χ0v) is 10.7. The highest BCUT2D eigenvalue weighted by Crippen LogP contribution is 2.28. The third kappa shape index (κ3) is 2.37. The van der Waals surface area contributed by atoms with Crippen LogP contribution in [-0.2, 0) is 0 Å². The van der Waals surface area contributed by atoms with Crippen molar-refractivity contribution in [2.75, 3.05) is 0 Å². The van der Waals surface area contributed by atoms with Gasteiger partial charge in [0.1, 0.15) is 0 Å². The highest BCUT2D eigenvalue weighted by Gasteiger charge is 2.13. The molecule has 0 aliphatic heterocycles. The second-order valence-corrected chi connectivity index (χ2v) is 4.95. The van der Waals surface area contributed by atoms with Gasteiger partial charge in [0.05, 0.1) is 6.10 Å². The van der Waals surface area contributed by atoms with E-state index in [-0.39, 0.29) is 12.0 Å². The summed E-state index contributed by atoms with van der Waals surface area (Å²) in [6.45, 7) is 8.15. The van der Waals surface area contributed by atoms with Crippen LogP contribution in [0, 0.1) is 19.8 Å². The zero-order valence-electron chi connectivity index (χ0n) is 9.13. The molecule has 0 radical (unpaired) electrons. The Morgan fingerprint density at radius 1 is 1.14 bits per heavy atom. The highest BCUT2D eigenvalue weighted by atomic mass is 79.9. The fraction of sp³-hybridized carbons (Fsp3) is 0.500. The van der Waals surface area contributed by atoms with Crippen molar-refractivity contribution in [2.24, 2.45) is 5.92 Å². The maximum Gasteiger partial charge on any atom is 0.0813 e. The van der Waals surface area contributed by atoms with Crippen molar-refractivity contribution >= 4 is 15.9 Å². The molecular weight excluding hydrogens is 240 g/mol. The van der Waals surface area contributed by atoms with E-state index in [1.54, 1.807) is 0 Å². The molecule has 1 aromatic rings. The predicted molar refractivity (Wildman–Crippen MR) is 63.4 cm³/mol. The highest BCUT2D eigenvalue weighted by molar-refractivity contribution is 9.10. The van der Waals surface area contributed by atoms with E-state index >= 15 is 0 Å². The number of aliphatic hydroxyl groups excluding tert-OH is 1. The van der Waals surface area contributed by atoms with Gasteiger partial charge in [-0.3, -0.25) is 0 Å². The number of halogens is 1. The van der Waals surface area contributed by atoms with Crippen molar-refractivity contribution in [3.63, 3.8) is 0 Å². The molecule has 0 aliphatic carbocycles. The van der Waals surface area contributed by atoms with E-state index in [0.717, 1.165) is 10.0 Å². The minimum absolute atomic E-state index is 0.259. The number of aliphatic hydroxyl groups is 1. The van der Waals surface area contributed by atoms with Crippen molar-refractivity contribution in [1.29, 1.82) is 0 Å². The third-order valence-electron chi connectivity index (χ3n) is 2.43. The smallest absolute Gasteiger partial charge is 0.0813 e. The molecule has 1 nitrogen and oxygen atoms in total. The molecule has 78 valence electrons. The number of aryl methyl sites for hydroxylation is 2. The van der Waals surface area contributed by atoms with Gasteiger partial charge in [0, 0.05) is 4.47 Å². The molecule has 14 heavy (non-hydrogen) atoms. The van der Waals surface area contributed by atoms with Gasteiger partial charge in [-0.2, -0.15) is 0 Å². The third-order valence-corrected chi connectivity index (χ3v) is 3.68. The summed E-state index contributed by atoms with van der Waals surface area (Å²) in [6, 6.07) is 4.09. The summed E-state index contributed by atoms with van der Waals surface area (Å²) in [7, 11) is 0. The summed E-state index contributed by atoms with van der Waals surface area (Å²) in [4.78, 5) is 0. The summed E-state index contributed by atoms with van der Waals surface area (Å²) in [5, 5.41) is 9.92. The Balaban J connectivity index is 3.12. The van der Waals surface area contributed by atoms with Crippen LogP contribution in [0.5, 0.6) is 0 Å². The lowest BCUT2D eigenvalue weighted by atomic mass is 9.96. The van der Waals surface area contributed by atoms with Crippen LogP contribution in [0.15, 0.2) is 16.6 Å². The molecule has 1 unspecified atom stereocenters. The molecule has 0 aliphatic rings. The van der Waals surface area contributed by atoms with Gasteiger partial charge in [0.2, 0.25) is 0 Å². The van der Waals surface area contributed by atoms with E-state index in [0.29, 0.717) is 0 Å². The molecule has 1 N–H and O–H groups in total. The summed E-state index contributed by atoms with van der Waals surface area (Å²) in [6.07, 6.45) is -0.361. The van der Waals surface area contributed by atoms with E-state index in [2.05, 4.69) is 15.9 Å². The van der Waals surface area contributed by atoms with Crippen molar-refractivity contribution < 1.29 is 5.11 Å². The molecule has 0 spiro atoms. The van der Waals surface area contributed by atoms with Crippen LogP contribution in [0.4, 0.5) is 0 Å². The average Bonchev–Trinajstić information content (AvgIpc) is 2.12. The second-order valence-electron chi connectivity index (χ2n) is 4.16. The summed E-state index contributed by atoms with van der Waals surface area (Å²) in [5.41, 5.74) is 3.37. The van der Waals surface area contributed by atoms with E-state index in [4.69, 9.17) is 0 Å². The lowest BCUT2D eigenvalue weighted by Gasteiger charge is -2.17. The Morgan fingerprint density at radius 2 is 1.57 bits per heavy atom. The number of benzene rings is 1. The molecule has 0 aromatic heterocycles. The predicted octanol–water partition coefficient (Wildman–Crippen LogP) is 3.76. The molecule has 0 heterocycles. The fourth-order valence-corrected chi connectivity index (χ4v) is 1.76. The van der Waals surface area contributed by atoms with E-state index in [1.807, 2.05) is 39.8 Å². The molecule has 1 atom stereocenters. The van der Waals surface area contributed by atoms with Crippen molar-refractivity contribution in [2.45, 2.75) is 33.8 Å². The number of rotatable bonds is 2. The van der Waals surface area contributed by atoms with Gasteiger partial charge in [0.15, 0.2) is 0 Å². The Labute approximate surface area is 94.3 Å². The van der Waals surface area contributed by atoms with Gasteiger partial charge < -0.3 is 5.11 Å². The van der Waals surface area contributed by atoms with Crippen LogP contribution in [0.25, 0.3) is 0 Å². The van der Waals surface area contributed by atoms with Crippen molar-refractivity contribution in [1.82, 2.24) is 0 Å². The summed E-state index contributed by atoms with van der Waals surface area (Å²) < 4.78 is 1.14. The zero-order chi connectivity index (χ0) is 10.9. The Bertz CT molecular complexity index is 308. The molecule has 2 heteroatoms. The lowest BCUT2D eigenvalue weighted by molar-refractivity contribution is 0.127. The van der Waals surface area contributed by atoms with Gasteiger partial charge in [-0.1, -0.05) is 41.9 Å². The van der Waals surface area contributed by atoms with Crippen LogP contribution in [0.2, 0.25) is 0 Å². The van der Waals surface area contributed by atoms with E-state index in [9.17, 15) is 5.11 Å². The summed E-state index contributed by atoms with van der Waals surface area (Å²) >= 11 is 3.52. The van der Waals surface area contributed by atoms with Crippen LogP contribution in [0.1, 0.15) is 36.6 Å². The number of hydrogen-bond acceptors (Lipinski definition) is 1. The van der Waals surface area contributed by atoms with E-state index in [1.165, 1.54) is 11.1 Å². The van der Waals surface area contributed by atoms with Crippen LogP contribution >= 0.6 is 15.9 Å². The van der Waals surface area contributed by atoms with Crippen LogP contribution in [0.3, 0.4) is 0 Å². The maximum absolute atomic E-state index is 9.92. The standard InChI is InChI=1S/C12H17BrO/c1-7(2)12(14)10-5-8(3)11(13)9(4)6-10/h5-7,12,14H,1-4H3. The maximum atomic E-state index is 9.92. The monoisotopic (exact) mass is 256 g/mol. The number of hydrogen-bond donors (Lipinski definition) is 1. The minimum atomic E-state index is -0.361. The molecule has 1 rings (SSSR count). The first-order valence-corrected chi connectivity index (χ1v) is 5.67. The molecule has 0 amide bonds. The van der Waals surface area contributed by atoms with Crippen molar-refractivity contribution in [3.8, 4) is 0 Å².